The van der Waals surface area contributed by atoms with Crippen LogP contribution in [0.1, 0.15) is 5.56 Å². The molecule has 70 valence electrons. The van der Waals surface area contributed by atoms with Crippen LogP contribution in [0, 0.1) is 0 Å². The van der Waals surface area contributed by atoms with Crippen molar-refractivity contribution in [2.45, 2.75) is 6.42 Å². The highest BCUT2D eigenvalue weighted by molar-refractivity contribution is 5.64. The number of fused-ring (bicyclic) bond motifs is 1. The predicted molar refractivity (Wildman–Crippen MR) is 55.3 cm³/mol. The first-order chi connectivity index (χ1) is 6.86. The van der Waals surface area contributed by atoms with Crippen LogP contribution >= 0.6 is 0 Å². The van der Waals surface area contributed by atoms with Gasteiger partial charge in [-0.2, -0.15) is 0 Å². The molecule has 14 heavy (non-hydrogen) atoms. The van der Waals surface area contributed by atoms with Crippen LogP contribution < -0.4 is 4.74 Å². The molecule has 0 saturated carbocycles. The van der Waals surface area contributed by atoms with E-state index in [4.69, 9.17) is 4.74 Å². The summed E-state index contributed by atoms with van der Waals surface area (Å²) in [5.74, 6) is 1.31. The predicted octanol–water partition coefficient (Wildman–Crippen LogP) is 2.11. The molecule has 1 aliphatic rings. The summed E-state index contributed by atoms with van der Waals surface area (Å²) < 4.78 is 5.49. The first-order valence-corrected chi connectivity index (χ1v) is 4.34. The van der Waals surface area contributed by atoms with Crippen LogP contribution in [0.4, 0.5) is 0 Å². The van der Waals surface area contributed by atoms with E-state index in [-0.39, 0.29) is 0 Å². The van der Waals surface area contributed by atoms with E-state index in [1.807, 2.05) is 12.3 Å². The van der Waals surface area contributed by atoms with Gasteiger partial charge in [-0.15, -0.1) is 0 Å². The van der Waals surface area contributed by atoms with Gasteiger partial charge in [-0.1, -0.05) is 6.58 Å². The second-order valence-corrected chi connectivity index (χ2v) is 2.90. The fourth-order valence-electron chi connectivity index (χ4n) is 1.18. The molecule has 3 heteroatoms. The van der Waals surface area contributed by atoms with Gasteiger partial charge in [0.05, 0.1) is 6.20 Å². The monoisotopic (exact) mass is 186 g/mol. The second-order valence-electron chi connectivity index (χ2n) is 2.90. The van der Waals surface area contributed by atoms with Crippen LogP contribution in [-0.2, 0) is 6.42 Å². The van der Waals surface area contributed by atoms with Crippen LogP contribution in [0.5, 0.6) is 5.75 Å². The number of ether oxygens (including phenoxy) is 1. The van der Waals surface area contributed by atoms with Gasteiger partial charge < -0.3 is 4.74 Å². The van der Waals surface area contributed by atoms with Crippen molar-refractivity contribution in [3.05, 3.63) is 48.6 Å². The molecule has 0 amide bonds. The average Bonchev–Trinajstić information content (AvgIpc) is 2.27. The van der Waals surface area contributed by atoms with E-state index < -0.39 is 0 Å². The lowest BCUT2D eigenvalue weighted by molar-refractivity contribution is 0.441. The quantitative estimate of drug-likeness (QED) is 0.622. The molecule has 0 fully saturated rings. The van der Waals surface area contributed by atoms with E-state index in [9.17, 15) is 0 Å². The number of nitrogens with zero attached hydrogens (tertiary/aromatic N) is 2. The third-order valence-electron chi connectivity index (χ3n) is 1.87. The van der Waals surface area contributed by atoms with Crippen molar-refractivity contribution < 1.29 is 4.74 Å². The molecule has 0 N–H and O–H groups in total. The van der Waals surface area contributed by atoms with Crippen LogP contribution in [0.15, 0.2) is 48.1 Å². The summed E-state index contributed by atoms with van der Waals surface area (Å²) in [6.07, 6.45) is 9.39. The third-order valence-corrected chi connectivity index (χ3v) is 1.87. The highest BCUT2D eigenvalue weighted by Gasteiger charge is 2.04. The minimum absolute atomic E-state index is 0.568. The molecule has 0 aliphatic carbocycles. The SMILES string of the molecule is C=C1/C=C\N=CCc2ccncc2O1. The van der Waals surface area contributed by atoms with E-state index in [1.54, 1.807) is 24.7 Å². The lowest BCUT2D eigenvalue weighted by atomic mass is 10.2. The first kappa shape index (κ1) is 8.69. The molecule has 2 heterocycles. The maximum Gasteiger partial charge on any atom is 0.149 e. The minimum atomic E-state index is 0.568. The van der Waals surface area contributed by atoms with Gasteiger partial charge in [0.2, 0.25) is 0 Å². The number of hydrogen-bond donors (Lipinski definition) is 0. The highest BCUT2D eigenvalue weighted by atomic mass is 16.5. The van der Waals surface area contributed by atoms with Crippen molar-refractivity contribution in [3.8, 4) is 5.75 Å². The summed E-state index contributed by atoms with van der Waals surface area (Å²) in [7, 11) is 0. The molecule has 0 aromatic carbocycles. The van der Waals surface area contributed by atoms with Crippen molar-refractivity contribution in [1.82, 2.24) is 4.98 Å². The van der Waals surface area contributed by atoms with E-state index in [1.165, 1.54) is 0 Å². The Bertz CT molecular complexity index is 408. The lowest BCUT2D eigenvalue weighted by Gasteiger charge is -2.07. The zero-order valence-corrected chi connectivity index (χ0v) is 7.68. The topological polar surface area (TPSA) is 34.5 Å². The Hall–Kier alpha value is -1.90. The number of aliphatic imine (C=N–C) groups is 1. The fourth-order valence-corrected chi connectivity index (χ4v) is 1.18. The van der Waals surface area contributed by atoms with Gasteiger partial charge in [0.1, 0.15) is 11.5 Å². The Morgan fingerprint density at radius 2 is 2.36 bits per heavy atom. The van der Waals surface area contributed by atoms with E-state index in [0.29, 0.717) is 5.76 Å². The minimum Gasteiger partial charge on any atom is -0.456 e. The summed E-state index contributed by atoms with van der Waals surface area (Å²) in [6, 6.07) is 1.92. The zero-order valence-electron chi connectivity index (χ0n) is 7.68. The Morgan fingerprint density at radius 3 is 3.29 bits per heavy atom. The normalized spacial score (nSPS) is 17.3. The van der Waals surface area contributed by atoms with Gasteiger partial charge in [0.25, 0.3) is 0 Å². The number of allylic oxidation sites excluding steroid dienone is 1. The molecule has 3 nitrogen and oxygen atoms in total. The van der Waals surface area contributed by atoms with Gasteiger partial charge in [0.15, 0.2) is 0 Å². The summed E-state index contributed by atoms with van der Waals surface area (Å²) in [5, 5.41) is 0. The molecule has 2 rings (SSSR count). The maximum atomic E-state index is 5.49. The van der Waals surface area contributed by atoms with Gasteiger partial charge in [-0.25, -0.2) is 0 Å². The van der Waals surface area contributed by atoms with Crippen molar-refractivity contribution in [1.29, 1.82) is 0 Å². The molecular formula is C11H10N2O. The highest BCUT2D eigenvalue weighted by Crippen LogP contribution is 2.19. The first-order valence-electron chi connectivity index (χ1n) is 4.34. The summed E-state index contributed by atoms with van der Waals surface area (Å²) in [5.41, 5.74) is 1.06. The fraction of sp³-hybridized carbons (Fsp3) is 0.0909. The molecular weight excluding hydrogens is 176 g/mol. The largest absolute Gasteiger partial charge is 0.456 e. The lowest BCUT2D eigenvalue weighted by Crippen LogP contribution is -1.95. The number of hydrogen-bond acceptors (Lipinski definition) is 3. The molecule has 0 atom stereocenters. The van der Waals surface area contributed by atoms with E-state index in [0.717, 1.165) is 17.7 Å². The maximum absolute atomic E-state index is 5.49. The van der Waals surface area contributed by atoms with Crippen LogP contribution in [0.2, 0.25) is 0 Å². The molecule has 0 unspecified atom stereocenters. The van der Waals surface area contributed by atoms with Crippen molar-refractivity contribution in [2.24, 2.45) is 4.99 Å². The van der Waals surface area contributed by atoms with Gasteiger partial charge in [-0.05, 0) is 12.1 Å². The Morgan fingerprint density at radius 1 is 1.43 bits per heavy atom. The standard InChI is InChI=1S/C11H10N2O/c1-9-2-5-12-6-3-10-4-7-13-8-11(10)14-9/h2,4-8H,1,3H2/b5-2-,12-6?. The van der Waals surface area contributed by atoms with Crippen LogP contribution in [0.3, 0.4) is 0 Å². The van der Waals surface area contributed by atoms with Crippen LogP contribution in [0.25, 0.3) is 0 Å². The van der Waals surface area contributed by atoms with Crippen molar-refractivity contribution >= 4 is 6.21 Å². The van der Waals surface area contributed by atoms with Crippen molar-refractivity contribution in [2.75, 3.05) is 0 Å². The zero-order chi connectivity index (χ0) is 9.80. The van der Waals surface area contributed by atoms with Crippen molar-refractivity contribution in [3.63, 3.8) is 0 Å². The molecule has 0 spiro atoms. The Kier molecular flexibility index (Phi) is 2.40. The van der Waals surface area contributed by atoms with Gasteiger partial charge in [-0.3, -0.25) is 9.98 Å². The Labute approximate surface area is 82.5 Å². The van der Waals surface area contributed by atoms with Gasteiger partial charge >= 0.3 is 0 Å². The van der Waals surface area contributed by atoms with Crippen LogP contribution in [-0.4, -0.2) is 11.2 Å². The summed E-state index contributed by atoms with van der Waals surface area (Å²) >= 11 is 0. The number of pyridine rings is 1. The second kappa shape index (κ2) is 3.87. The molecule has 0 radical (unpaired) electrons. The molecule has 1 aromatic heterocycles. The summed E-state index contributed by atoms with van der Waals surface area (Å²) in [6.45, 7) is 3.75. The molecule has 1 aromatic rings. The van der Waals surface area contributed by atoms with E-state index >= 15 is 0 Å². The molecule has 0 saturated heterocycles. The summed E-state index contributed by atoms with van der Waals surface area (Å²) in [4.78, 5) is 8.07. The molecule has 1 aliphatic heterocycles. The number of rotatable bonds is 0. The van der Waals surface area contributed by atoms with E-state index in [2.05, 4.69) is 16.6 Å². The molecule has 0 bridgehead atoms. The smallest absolute Gasteiger partial charge is 0.149 e. The average molecular weight is 186 g/mol. The number of aromatic nitrogens is 1. The Balaban J connectivity index is 2.39. The third kappa shape index (κ3) is 1.88. The van der Waals surface area contributed by atoms with Gasteiger partial charge in [0, 0.05) is 30.6 Å².